The van der Waals surface area contributed by atoms with E-state index in [-0.39, 0.29) is 11.3 Å². The summed E-state index contributed by atoms with van der Waals surface area (Å²) in [6.45, 7) is 0. The van der Waals surface area contributed by atoms with E-state index in [9.17, 15) is 0 Å². The van der Waals surface area contributed by atoms with Gasteiger partial charge in [0.15, 0.2) is 5.57 Å². The average Bonchev–Trinajstić information content (AvgIpc) is 3.24. The Morgan fingerprint density at radius 3 is 2.16 bits per heavy atom. The van der Waals surface area contributed by atoms with Crippen LogP contribution in [0.4, 0.5) is 11.4 Å². The summed E-state index contributed by atoms with van der Waals surface area (Å²) in [6, 6.07) is 13.2. The first kappa shape index (κ1) is 12.5. The molecule has 19 heavy (non-hydrogen) atoms. The second kappa shape index (κ2) is 5.58. The zero-order valence-electron chi connectivity index (χ0n) is 10.1. The minimum atomic E-state index is -0.219. The molecule has 1 aromatic rings. The third-order valence-electron chi connectivity index (χ3n) is 2.71. The van der Waals surface area contributed by atoms with Crippen LogP contribution in [0.1, 0.15) is 12.8 Å². The summed E-state index contributed by atoms with van der Waals surface area (Å²) in [4.78, 5) is 0. The maximum atomic E-state index is 9.01. The van der Waals surface area contributed by atoms with E-state index < -0.39 is 0 Å². The van der Waals surface area contributed by atoms with Crippen LogP contribution < -0.4 is 10.6 Å². The predicted molar refractivity (Wildman–Crippen MR) is 70.6 cm³/mol. The van der Waals surface area contributed by atoms with E-state index in [1.54, 1.807) is 18.2 Å². The van der Waals surface area contributed by atoms with Gasteiger partial charge in [-0.15, -0.1) is 0 Å². The van der Waals surface area contributed by atoms with Crippen molar-refractivity contribution in [3.05, 3.63) is 35.5 Å². The van der Waals surface area contributed by atoms with Gasteiger partial charge in [0.1, 0.15) is 23.9 Å². The predicted octanol–water partition coefficient (Wildman–Crippen LogP) is 2.50. The van der Waals surface area contributed by atoms with E-state index in [1.807, 2.05) is 24.3 Å². The average molecular weight is 249 g/mol. The van der Waals surface area contributed by atoms with Crippen molar-refractivity contribution in [2.24, 2.45) is 0 Å². The van der Waals surface area contributed by atoms with Crippen LogP contribution in [0.3, 0.4) is 0 Å². The summed E-state index contributed by atoms with van der Waals surface area (Å²) in [5.41, 5.74) is 1.31. The van der Waals surface area contributed by atoms with E-state index >= 15 is 0 Å². The lowest BCUT2D eigenvalue weighted by Crippen LogP contribution is -2.07. The number of hydrogen-bond donors (Lipinski definition) is 2. The van der Waals surface area contributed by atoms with E-state index in [4.69, 9.17) is 15.8 Å². The molecule has 2 N–H and O–H groups in total. The van der Waals surface area contributed by atoms with Gasteiger partial charge in [-0.05, 0) is 25.0 Å². The van der Waals surface area contributed by atoms with E-state index in [0.717, 1.165) is 18.5 Å². The molecule has 1 aliphatic rings. The molecule has 0 spiro atoms. The molecule has 0 saturated heterocycles. The van der Waals surface area contributed by atoms with Gasteiger partial charge in [-0.3, -0.25) is 0 Å². The second-order valence-electron chi connectivity index (χ2n) is 4.17. The van der Waals surface area contributed by atoms with Crippen LogP contribution in [0.5, 0.6) is 0 Å². The Hall–Kier alpha value is -2.97. The van der Waals surface area contributed by atoms with Crippen LogP contribution >= 0.6 is 0 Å². The van der Waals surface area contributed by atoms with Crippen LogP contribution in [0, 0.1) is 34.0 Å². The van der Waals surface area contributed by atoms with Gasteiger partial charge in [0, 0.05) is 6.04 Å². The van der Waals surface area contributed by atoms with E-state index in [2.05, 4.69) is 10.6 Å². The molecular formula is C14H11N5. The summed E-state index contributed by atoms with van der Waals surface area (Å²) < 4.78 is 0. The smallest absolute Gasteiger partial charge is 0.163 e. The number of hydrogen-bond acceptors (Lipinski definition) is 5. The molecule has 92 valence electrons. The third-order valence-corrected chi connectivity index (χ3v) is 2.71. The molecule has 0 aromatic heterocycles. The van der Waals surface area contributed by atoms with Crippen LogP contribution in [-0.2, 0) is 0 Å². The largest absolute Gasteiger partial charge is 0.381 e. The number of nitrogens with zero attached hydrogens (tertiary/aromatic N) is 3. The molecule has 0 bridgehead atoms. The SMILES string of the molecule is N#CC(C#N)=C(C#N)Nc1ccccc1NC1CC1. The number of anilines is 2. The lowest BCUT2D eigenvalue weighted by Gasteiger charge is -2.12. The number of rotatable bonds is 4. The van der Waals surface area contributed by atoms with Gasteiger partial charge in [0.2, 0.25) is 0 Å². The highest BCUT2D eigenvalue weighted by molar-refractivity contribution is 5.73. The standard InChI is InChI=1S/C14H11N5/c15-7-10(8-16)14(9-17)19-13-4-2-1-3-12(13)18-11-5-6-11/h1-4,11,18-19H,5-6H2. The zero-order valence-corrected chi connectivity index (χ0v) is 10.1. The molecule has 1 fully saturated rings. The lowest BCUT2D eigenvalue weighted by molar-refractivity contribution is 1.15. The van der Waals surface area contributed by atoms with Gasteiger partial charge >= 0.3 is 0 Å². The first-order valence-electron chi connectivity index (χ1n) is 5.85. The number of nitrogens with one attached hydrogen (secondary N) is 2. The van der Waals surface area contributed by atoms with Crippen LogP contribution in [0.15, 0.2) is 35.5 Å². The topological polar surface area (TPSA) is 95.4 Å². The summed E-state index contributed by atoms with van der Waals surface area (Å²) in [5, 5.41) is 32.8. The summed E-state index contributed by atoms with van der Waals surface area (Å²) in [5.74, 6) is 0. The third kappa shape index (κ3) is 3.03. The number of nitriles is 3. The molecule has 0 aliphatic heterocycles. The Morgan fingerprint density at radius 1 is 1.00 bits per heavy atom. The van der Waals surface area contributed by atoms with Crippen molar-refractivity contribution in [3.63, 3.8) is 0 Å². The molecule has 1 saturated carbocycles. The van der Waals surface area contributed by atoms with Crippen molar-refractivity contribution in [3.8, 4) is 18.2 Å². The summed E-state index contributed by atoms with van der Waals surface area (Å²) in [7, 11) is 0. The van der Waals surface area contributed by atoms with E-state index in [0.29, 0.717) is 11.7 Å². The maximum absolute atomic E-state index is 9.01. The molecule has 1 aromatic carbocycles. The fraction of sp³-hybridized carbons (Fsp3) is 0.214. The number of benzene rings is 1. The van der Waals surface area contributed by atoms with E-state index in [1.165, 1.54) is 0 Å². The highest BCUT2D eigenvalue weighted by Crippen LogP contribution is 2.30. The van der Waals surface area contributed by atoms with Gasteiger partial charge in [0.25, 0.3) is 0 Å². The van der Waals surface area contributed by atoms with Crippen molar-refractivity contribution < 1.29 is 0 Å². The first-order chi connectivity index (χ1) is 9.28. The zero-order chi connectivity index (χ0) is 13.7. The minimum absolute atomic E-state index is 0.0324. The van der Waals surface area contributed by atoms with Gasteiger partial charge < -0.3 is 10.6 Å². The van der Waals surface area contributed by atoms with Crippen molar-refractivity contribution in [2.45, 2.75) is 18.9 Å². The monoisotopic (exact) mass is 249 g/mol. The Bertz CT molecular complexity index is 619. The molecule has 0 unspecified atom stereocenters. The van der Waals surface area contributed by atoms with Crippen LogP contribution in [0.25, 0.3) is 0 Å². The molecule has 0 atom stereocenters. The van der Waals surface area contributed by atoms with Crippen molar-refractivity contribution >= 4 is 11.4 Å². The molecule has 5 nitrogen and oxygen atoms in total. The Labute approximate surface area is 111 Å². The molecule has 2 rings (SSSR count). The van der Waals surface area contributed by atoms with Gasteiger partial charge in [-0.25, -0.2) is 0 Å². The second-order valence-corrected chi connectivity index (χ2v) is 4.17. The lowest BCUT2D eigenvalue weighted by atomic mass is 10.2. The van der Waals surface area contributed by atoms with Crippen molar-refractivity contribution in [2.75, 3.05) is 10.6 Å². The normalized spacial score (nSPS) is 12.5. The fourth-order valence-corrected chi connectivity index (χ4v) is 1.58. The van der Waals surface area contributed by atoms with Crippen molar-refractivity contribution in [1.82, 2.24) is 0 Å². The highest BCUT2D eigenvalue weighted by Gasteiger charge is 2.22. The van der Waals surface area contributed by atoms with Gasteiger partial charge in [-0.2, -0.15) is 15.8 Å². The summed E-state index contributed by atoms with van der Waals surface area (Å²) in [6.07, 6.45) is 2.27. The highest BCUT2D eigenvalue weighted by atomic mass is 15.0. The minimum Gasteiger partial charge on any atom is -0.381 e. The Morgan fingerprint density at radius 2 is 1.63 bits per heavy atom. The number of allylic oxidation sites excluding steroid dienone is 2. The molecular weight excluding hydrogens is 238 g/mol. The van der Waals surface area contributed by atoms with Crippen molar-refractivity contribution in [1.29, 1.82) is 15.8 Å². The van der Waals surface area contributed by atoms with Gasteiger partial charge in [0.05, 0.1) is 11.4 Å². The number of para-hydroxylation sites is 2. The molecule has 0 amide bonds. The molecule has 5 heteroatoms. The Kier molecular flexibility index (Phi) is 3.67. The Balaban J connectivity index is 2.28. The molecule has 0 heterocycles. The summed E-state index contributed by atoms with van der Waals surface area (Å²) >= 11 is 0. The maximum Gasteiger partial charge on any atom is 0.163 e. The molecule has 1 aliphatic carbocycles. The fourth-order valence-electron chi connectivity index (χ4n) is 1.58. The first-order valence-corrected chi connectivity index (χ1v) is 5.85. The van der Waals surface area contributed by atoms with Gasteiger partial charge in [-0.1, -0.05) is 12.1 Å². The quantitative estimate of drug-likeness (QED) is 0.799. The molecule has 0 radical (unpaired) electrons. The van der Waals surface area contributed by atoms with Crippen LogP contribution in [0.2, 0.25) is 0 Å². The van der Waals surface area contributed by atoms with Crippen LogP contribution in [-0.4, -0.2) is 6.04 Å².